The number of benzene rings is 1. The van der Waals surface area contributed by atoms with Crippen molar-refractivity contribution >= 4 is 11.7 Å². The molecule has 0 bridgehead atoms. The predicted octanol–water partition coefficient (Wildman–Crippen LogP) is 3.24. The first kappa shape index (κ1) is 22.8. The van der Waals surface area contributed by atoms with Crippen LogP contribution in [0.15, 0.2) is 77.9 Å². The van der Waals surface area contributed by atoms with Gasteiger partial charge in [0.15, 0.2) is 0 Å². The van der Waals surface area contributed by atoms with Crippen LogP contribution < -0.4 is 16.6 Å². The first-order valence-corrected chi connectivity index (χ1v) is 10.8. The number of pyridine rings is 3. The Kier molecular flexibility index (Phi) is 6.77. The van der Waals surface area contributed by atoms with E-state index in [2.05, 4.69) is 15.3 Å². The highest BCUT2D eigenvalue weighted by Crippen LogP contribution is 2.13. The second kappa shape index (κ2) is 10.1. The second-order valence-electron chi connectivity index (χ2n) is 8.01. The summed E-state index contributed by atoms with van der Waals surface area (Å²) in [6, 6.07) is 17.0. The van der Waals surface area contributed by atoms with E-state index < -0.39 is 5.82 Å². The summed E-state index contributed by atoms with van der Waals surface area (Å²) >= 11 is 0. The molecule has 4 aromatic rings. The second-order valence-corrected chi connectivity index (χ2v) is 8.01. The van der Waals surface area contributed by atoms with E-state index in [-0.39, 0.29) is 18.0 Å². The lowest BCUT2D eigenvalue weighted by atomic mass is 10.1. The third-order valence-electron chi connectivity index (χ3n) is 5.44. The largest absolute Gasteiger partial charge is 0.384 e. The average molecular weight is 458 g/mol. The van der Waals surface area contributed by atoms with Crippen LogP contribution in [0.5, 0.6) is 0 Å². The molecule has 0 fully saturated rings. The lowest BCUT2D eigenvalue weighted by Gasteiger charge is -2.09. The van der Waals surface area contributed by atoms with Gasteiger partial charge in [0.2, 0.25) is 0 Å². The van der Waals surface area contributed by atoms with E-state index in [9.17, 15) is 14.0 Å². The minimum absolute atomic E-state index is 0.198. The van der Waals surface area contributed by atoms with E-state index in [1.165, 1.54) is 16.8 Å². The Morgan fingerprint density at radius 1 is 1.06 bits per heavy atom. The third-order valence-corrected chi connectivity index (χ3v) is 5.44. The molecule has 34 heavy (non-hydrogen) atoms. The van der Waals surface area contributed by atoms with Crippen molar-refractivity contribution in [2.24, 2.45) is 0 Å². The summed E-state index contributed by atoms with van der Waals surface area (Å²) in [5, 5.41) is 2.90. The Morgan fingerprint density at radius 3 is 2.59 bits per heavy atom. The molecule has 172 valence electrons. The van der Waals surface area contributed by atoms with Crippen LogP contribution in [0.25, 0.3) is 0 Å². The van der Waals surface area contributed by atoms with E-state index >= 15 is 0 Å². The minimum atomic E-state index is -0.452. The Labute approximate surface area is 196 Å². The fourth-order valence-corrected chi connectivity index (χ4v) is 3.58. The van der Waals surface area contributed by atoms with E-state index in [1.54, 1.807) is 24.4 Å². The van der Waals surface area contributed by atoms with Gasteiger partial charge in [0.05, 0.1) is 6.54 Å². The van der Waals surface area contributed by atoms with Gasteiger partial charge in [0, 0.05) is 48.4 Å². The summed E-state index contributed by atoms with van der Waals surface area (Å²) in [6.45, 7) is 2.49. The van der Waals surface area contributed by atoms with Crippen molar-refractivity contribution in [2.75, 3.05) is 5.73 Å². The molecule has 1 aromatic carbocycles. The fraction of sp³-hybridized carbons (Fsp3) is 0.154. The normalized spacial score (nSPS) is 10.8. The van der Waals surface area contributed by atoms with Gasteiger partial charge in [0.25, 0.3) is 11.5 Å². The quantitative estimate of drug-likeness (QED) is 0.444. The van der Waals surface area contributed by atoms with Crippen LogP contribution in [0.2, 0.25) is 0 Å². The maximum atomic E-state index is 13.4. The highest BCUT2D eigenvalue weighted by molar-refractivity contribution is 5.94. The van der Waals surface area contributed by atoms with Gasteiger partial charge in [-0.3, -0.25) is 14.6 Å². The molecule has 0 aliphatic rings. The number of amides is 1. The molecule has 0 aliphatic heterocycles. The van der Waals surface area contributed by atoms with Crippen molar-refractivity contribution in [2.45, 2.75) is 26.4 Å². The zero-order valence-corrected chi connectivity index (χ0v) is 18.7. The number of carbonyl (C=O) groups excluding carboxylic acids is 1. The van der Waals surface area contributed by atoms with Crippen LogP contribution >= 0.6 is 0 Å². The van der Waals surface area contributed by atoms with Gasteiger partial charge in [-0.15, -0.1) is 0 Å². The number of aryl methyl sites for hydroxylation is 1. The molecule has 3 N–H and O–H groups in total. The van der Waals surface area contributed by atoms with E-state index in [0.717, 1.165) is 34.1 Å². The molecule has 0 radical (unpaired) electrons. The molecule has 3 heterocycles. The van der Waals surface area contributed by atoms with Crippen molar-refractivity contribution in [1.82, 2.24) is 19.9 Å². The first-order valence-electron chi connectivity index (χ1n) is 10.8. The van der Waals surface area contributed by atoms with Gasteiger partial charge in [-0.05, 0) is 47.9 Å². The number of anilines is 1. The summed E-state index contributed by atoms with van der Waals surface area (Å²) in [5.41, 5.74) is 10.3. The SMILES string of the molecule is Cc1nc(N)ccc1CNC(=O)c1ccnc(Cc2ccc(Cn3cc(F)ccc3=O)cc2)c1. The Bertz CT molecular complexity index is 1380. The molecule has 1 amide bonds. The van der Waals surface area contributed by atoms with Crippen LogP contribution in [0, 0.1) is 12.7 Å². The summed E-state index contributed by atoms with van der Waals surface area (Å²) < 4.78 is 14.7. The maximum absolute atomic E-state index is 13.4. The predicted molar refractivity (Wildman–Crippen MR) is 128 cm³/mol. The molecule has 3 aromatic heterocycles. The smallest absolute Gasteiger partial charge is 0.251 e. The highest BCUT2D eigenvalue weighted by Gasteiger charge is 2.09. The number of rotatable bonds is 7. The average Bonchev–Trinajstić information content (AvgIpc) is 2.82. The van der Waals surface area contributed by atoms with Crippen molar-refractivity contribution in [3.63, 3.8) is 0 Å². The Morgan fingerprint density at radius 2 is 1.82 bits per heavy atom. The van der Waals surface area contributed by atoms with Gasteiger partial charge in [-0.2, -0.15) is 0 Å². The number of nitrogen functional groups attached to an aromatic ring is 1. The molecule has 7 nitrogen and oxygen atoms in total. The molecule has 0 unspecified atom stereocenters. The number of nitrogens with two attached hydrogens (primary N) is 1. The Hall–Kier alpha value is -4.33. The number of carbonyl (C=O) groups is 1. The van der Waals surface area contributed by atoms with Crippen molar-refractivity contribution in [3.05, 3.63) is 123 Å². The standard InChI is InChI=1S/C26H24FN5O2/c1-17-21(6-8-24(28)31-17)14-30-26(34)20-10-11-29-23(13-20)12-18-2-4-19(5-3-18)15-32-16-22(27)7-9-25(32)33/h2-11,13,16H,12,14-15H2,1H3,(H2,28,31)(H,30,34). The fourth-order valence-electron chi connectivity index (χ4n) is 3.58. The molecular weight excluding hydrogens is 433 g/mol. The van der Waals surface area contributed by atoms with Gasteiger partial charge in [-0.25, -0.2) is 9.37 Å². The molecule has 0 aliphatic carbocycles. The number of aromatic nitrogens is 3. The number of nitrogens with zero attached hydrogens (tertiary/aromatic N) is 3. The van der Waals surface area contributed by atoms with E-state index in [4.69, 9.17) is 5.73 Å². The van der Waals surface area contributed by atoms with Crippen molar-refractivity contribution < 1.29 is 9.18 Å². The van der Waals surface area contributed by atoms with Crippen LogP contribution in [-0.2, 0) is 19.5 Å². The lowest BCUT2D eigenvalue weighted by Crippen LogP contribution is -2.23. The monoisotopic (exact) mass is 457 g/mol. The molecule has 4 rings (SSSR count). The number of nitrogens with one attached hydrogen (secondary N) is 1. The van der Waals surface area contributed by atoms with Crippen LogP contribution in [0.1, 0.15) is 38.4 Å². The molecule has 8 heteroatoms. The molecule has 0 spiro atoms. The van der Waals surface area contributed by atoms with Crippen LogP contribution in [0.3, 0.4) is 0 Å². The van der Waals surface area contributed by atoms with Crippen LogP contribution in [0.4, 0.5) is 10.2 Å². The summed E-state index contributed by atoms with van der Waals surface area (Å²) in [6.07, 6.45) is 3.36. The van der Waals surface area contributed by atoms with E-state index in [1.807, 2.05) is 37.3 Å². The van der Waals surface area contributed by atoms with Gasteiger partial charge in [0.1, 0.15) is 11.6 Å². The summed E-state index contributed by atoms with van der Waals surface area (Å²) in [4.78, 5) is 33.1. The molecule has 0 saturated heterocycles. The molecule has 0 saturated carbocycles. The van der Waals surface area contributed by atoms with Gasteiger partial charge < -0.3 is 15.6 Å². The van der Waals surface area contributed by atoms with Crippen molar-refractivity contribution in [1.29, 1.82) is 0 Å². The van der Waals surface area contributed by atoms with Gasteiger partial charge in [-0.1, -0.05) is 30.3 Å². The zero-order chi connectivity index (χ0) is 24.1. The highest BCUT2D eigenvalue weighted by atomic mass is 19.1. The Balaban J connectivity index is 1.39. The molecule has 0 atom stereocenters. The topological polar surface area (TPSA) is 103 Å². The van der Waals surface area contributed by atoms with Crippen molar-refractivity contribution in [3.8, 4) is 0 Å². The van der Waals surface area contributed by atoms with E-state index in [0.29, 0.717) is 24.3 Å². The first-order chi connectivity index (χ1) is 16.4. The maximum Gasteiger partial charge on any atom is 0.251 e. The minimum Gasteiger partial charge on any atom is -0.384 e. The number of halogens is 1. The lowest BCUT2D eigenvalue weighted by molar-refractivity contribution is 0.0950. The summed E-state index contributed by atoms with van der Waals surface area (Å²) in [5.74, 6) is -0.204. The van der Waals surface area contributed by atoms with Gasteiger partial charge >= 0.3 is 0 Å². The number of hydrogen-bond donors (Lipinski definition) is 2. The third kappa shape index (κ3) is 5.72. The molecular formula is C26H24FN5O2. The van der Waals surface area contributed by atoms with Crippen LogP contribution in [-0.4, -0.2) is 20.4 Å². The number of hydrogen-bond acceptors (Lipinski definition) is 5. The zero-order valence-electron chi connectivity index (χ0n) is 18.7. The summed E-state index contributed by atoms with van der Waals surface area (Å²) in [7, 11) is 0.